The van der Waals surface area contributed by atoms with Gasteiger partial charge >= 0.3 is 0 Å². The van der Waals surface area contributed by atoms with E-state index in [0.717, 1.165) is 37.6 Å². The molecule has 1 fully saturated rings. The van der Waals surface area contributed by atoms with Crippen LogP contribution in [0.2, 0.25) is 0 Å². The Morgan fingerprint density at radius 1 is 1.47 bits per heavy atom. The molecular formula is C15H25N3O. The first kappa shape index (κ1) is 14.4. The van der Waals surface area contributed by atoms with Crippen molar-refractivity contribution in [3.63, 3.8) is 0 Å². The molecule has 2 rings (SSSR count). The third-order valence-corrected chi connectivity index (χ3v) is 3.60. The fraction of sp³-hybridized carbons (Fsp3) is 0.733. The lowest BCUT2D eigenvalue weighted by Crippen LogP contribution is -2.21. The highest BCUT2D eigenvalue weighted by molar-refractivity contribution is 5.02. The first-order chi connectivity index (χ1) is 9.28. The Balaban J connectivity index is 1.69. The highest BCUT2D eigenvalue weighted by Crippen LogP contribution is 2.16. The molecule has 1 saturated heterocycles. The minimum atomic E-state index is 0.513. The van der Waals surface area contributed by atoms with Gasteiger partial charge in [-0.15, -0.1) is 0 Å². The summed E-state index contributed by atoms with van der Waals surface area (Å²) in [6.45, 7) is 5.05. The van der Waals surface area contributed by atoms with Crippen molar-refractivity contribution in [1.29, 1.82) is 0 Å². The van der Waals surface area contributed by atoms with Crippen LogP contribution >= 0.6 is 0 Å². The number of aromatic nitrogens is 2. The molecule has 0 aliphatic carbocycles. The topological polar surface area (TPSA) is 38.2 Å². The van der Waals surface area contributed by atoms with E-state index < -0.39 is 0 Å². The lowest BCUT2D eigenvalue weighted by Gasteiger charge is -2.17. The summed E-state index contributed by atoms with van der Waals surface area (Å²) >= 11 is 0. The van der Waals surface area contributed by atoms with Crippen LogP contribution in [0.3, 0.4) is 0 Å². The average Bonchev–Trinajstić information content (AvgIpc) is 2.92. The number of hydrogen-bond donors (Lipinski definition) is 0. The maximum atomic E-state index is 5.64. The number of nitrogens with zero attached hydrogens (tertiary/aromatic N) is 3. The maximum absolute atomic E-state index is 5.64. The number of hydrogen-bond acceptors (Lipinski definition) is 4. The largest absolute Gasteiger partial charge is 0.378 e. The van der Waals surface area contributed by atoms with Gasteiger partial charge in [0.05, 0.1) is 11.8 Å². The van der Waals surface area contributed by atoms with Crippen LogP contribution in [0.5, 0.6) is 0 Å². The van der Waals surface area contributed by atoms with Crippen LogP contribution in [0.15, 0.2) is 12.3 Å². The third kappa shape index (κ3) is 4.88. The molecule has 1 aromatic rings. The van der Waals surface area contributed by atoms with Crippen LogP contribution in [-0.4, -0.2) is 41.2 Å². The summed E-state index contributed by atoms with van der Waals surface area (Å²) in [5, 5.41) is 0. The summed E-state index contributed by atoms with van der Waals surface area (Å²) in [6.07, 6.45) is 8.15. The summed E-state index contributed by atoms with van der Waals surface area (Å²) in [6, 6.07) is 2.01. The summed E-state index contributed by atoms with van der Waals surface area (Å²) in [5.41, 5.74) is 1.12. The molecule has 0 saturated carbocycles. The summed E-state index contributed by atoms with van der Waals surface area (Å²) in [5.74, 6) is 0.935. The molecule has 106 valence electrons. The van der Waals surface area contributed by atoms with Gasteiger partial charge < -0.3 is 9.64 Å². The maximum Gasteiger partial charge on any atom is 0.128 e. The zero-order valence-electron chi connectivity index (χ0n) is 12.1. The van der Waals surface area contributed by atoms with Crippen LogP contribution in [0.25, 0.3) is 0 Å². The molecule has 0 aromatic carbocycles. The highest BCUT2D eigenvalue weighted by atomic mass is 16.5. The van der Waals surface area contributed by atoms with Gasteiger partial charge in [-0.1, -0.05) is 6.92 Å². The molecule has 1 atom stereocenters. The average molecular weight is 263 g/mol. The molecule has 1 aromatic heterocycles. The quantitative estimate of drug-likeness (QED) is 0.757. The minimum absolute atomic E-state index is 0.513. The van der Waals surface area contributed by atoms with Crippen LogP contribution in [-0.2, 0) is 17.7 Å². The van der Waals surface area contributed by atoms with Crippen molar-refractivity contribution >= 4 is 0 Å². The Bertz CT molecular complexity index is 377. The Hall–Kier alpha value is -1.00. The van der Waals surface area contributed by atoms with E-state index in [-0.39, 0.29) is 0 Å². The Labute approximate surface area is 116 Å². The Kier molecular flexibility index (Phi) is 5.73. The van der Waals surface area contributed by atoms with E-state index in [2.05, 4.69) is 28.8 Å². The van der Waals surface area contributed by atoms with Crippen LogP contribution in [0, 0.1) is 0 Å². The predicted octanol–water partition coefficient (Wildman–Crippen LogP) is 2.43. The zero-order chi connectivity index (χ0) is 13.5. The second kappa shape index (κ2) is 7.56. The van der Waals surface area contributed by atoms with Crippen LogP contribution in [0.1, 0.15) is 44.1 Å². The van der Waals surface area contributed by atoms with Crippen molar-refractivity contribution < 1.29 is 4.74 Å². The van der Waals surface area contributed by atoms with Gasteiger partial charge in [0, 0.05) is 25.8 Å². The number of rotatable bonds is 7. The van der Waals surface area contributed by atoms with Crippen molar-refractivity contribution in [3.8, 4) is 0 Å². The summed E-state index contributed by atoms with van der Waals surface area (Å²) in [4.78, 5) is 11.1. The molecule has 1 aliphatic rings. The fourth-order valence-electron chi connectivity index (χ4n) is 2.52. The molecule has 0 amide bonds. The van der Waals surface area contributed by atoms with Gasteiger partial charge in [0.2, 0.25) is 0 Å². The molecule has 1 unspecified atom stereocenters. The monoisotopic (exact) mass is 263 g/mol. The molecule has 0 bridgehead atoms. The fourth-order valence-corrected chi connectivity index (χ4v) is 2.52. The molecule has 19 heavy (non-hydrogen) atoms. The lowest BCUT2D eigenvalue weighted by atomic mass is 10.1. The third-order valence-electron chi connectivity index (χ3n) is 3.60. The van der Waals surface area contributed by atoms with E-state index in [9.17, 15) is 0 Å². The molecule has 0 spiro atoms. The van der Waals surface area contributed by atoms with Gasteiger partial charge in [-0.25, -0.2) is 9.97 Å². The van der Waals surface area contributed by atoms with Gasteiger partial charge in [-0.2, -0.15) is 0 Å². The molecule has 0 radical (unpaired) electrons. The SMILES string of the molecule is CCc1nccc(CN(C)CCCC2CCCO2)n1. The summed E-state index contributed by atoms with van der Waals surface area (Å²) < 4.78 is 5.64. The Morgan fingerprint density at radius 2 is 2.37 bits per heavy atom. The smallest absolute Gasteiger partial charge is 0.128 e. The van der Waals surface area contributed by atoms with E-state index in [4.69, 9.17) is 4.74 Å². The van der Waals surface area contributed by atoms with Crippen molar-refractivity contribution in [2.24, 2.45) is 0 Å². The second-order valence-corrected chi connectivity index (χ2v) is 5.33. The van der Waals surface area contributed by atoms with Gasteiger partial charge in [0.15, 0.2) is 0 Å². The molecule has 1 aliphatic heterocycles. The number of ether oxygens (including phenoxy) is 1. The normalized spacial score (nSPS) is 19.2. The first-order valence-electron chi connectivity index (χ1n) is 7.39. The van der Waals surface area contributed by atoms with Crippen LogP contribution in [0.4, 0.5) is 0 Å². The van der Waals surface area contributed by atoms with Crippen molar-refractivity contribution in [3.05, 3.63) is 23.8 Å². The predicted molar refractivity (Wildman–Crippen MR) is 76.0 cm³/mol. The standard InChI is InChI=1S/C15H25N3O/c1-3-15-16-9-8-13(17-15)12-18(2)10-4-6-14-7-5-11-19-14/h8-9,14H,3-7,10-12H2,1-2H3. The Morgan fingerprint density at radius 3 is 3.11 bits per heavy atom. The van der Waals surface area contributed by atoms with Gasteiger partial charge in [-0.05, 0) is 45.3 Å². The van der Waals surface area contributed by atoms with E-state index in [1.165, 1.54) is 25.7 Å². The molecule has 0 N–H and O–H groups in total. The molecule has 4 nitrogen and oxygen atoms in total. The zero-order valence-corrected chi connectivity index (χ0v) is 12.1. The first-order valence-corrected chi connectivity index (χ1v) is 7.39. The van der Waals surface area contributed by atoms with Crippen LogP contribution < -0.4 is 0 Å². The minimum Gasteiger partial charge on any atom is -0.378 e. The van der Waals surface area contributed by atoms with Crippen molar-refractivity contribution in [1.82, 2.24) is 14.9 Å². The summed E-state index contributed by atoms with van der Waals surface area (Å²) in [7, 11) is 2.16. The van der Waals surface area contributed by atoms with Crippen molar-refractivity contribution in [2.75, 3.05) is 20.2 Å². The van der Waals surface area contributed by atoms with E-state index >= 15 is 0 Å². The lowest BCUT2D eigenvalue weighted by molar-refractivity contribution is 0.0995. The number of aryl methyl sites for hydroxylation is 1. The van der Waals surface area contributed by atoms with Crippen molar-refractivity contribution in [2.45, 2.75) is 51.7 Å². The van der Waals surface area contributed by atoms with Gasteiger partial charge in [0.25, 0.3) is 0 Å². The van der Waals surface area contributed by atoms with E-state index in [1.807, 2.05) is 12.3 Å². The molecular weight excluding hydrogens is 238 g/mol. The van der Waals surface area contributed by atoms with E-state index in [0.29, 0.717) is 6.10 Å². The highest BCUT2D eigenvalue weighted by Gasteiger charge is 2.15. The second-order valence-electron chi connectivity index (χ2n) is 5.33. The molecule has 2 heterocycles. The van der Waals surface area contributed by atoms with E-state index in [1.54, 1.807) is 0 Å². The van der Waals surface area contributed by atoms with Gasteiger partial charge in [0.1, 0.15) is 5.82 Å². The molecule has 4 heteroatoms. The van der Waals surface area contributed by atoms with Gasteiger partial charge in [-0.3, -0.25) is 0 Å².